The van der Waals surface area contributed by atoms with Crippen molar-refractivity contribution < 1.29 is 0 Å². The van der Waals surface area contributed by atoms with Crippen molar-refractivity contribution >= 4 is 17.6 Å². The van der Waals surface area contributed by atoms with E-state index in [-0.39, 0.29) is 5.41 Å². The monoisotopic (exact) mass is 291 g/mol. The van der Waals surface area contributed by atoms with Crippen molar-refractivity contribution in [2.24, 2.45) is 10.7 Å². The zero-order valence-electron chi connectivity index (χ0n) is 11.7. The molecule has 0 saturated heterocycles. The van der Waals surface area contributed by atoms with E-state index < -0.39 is 0 Å². The predicted octanol–water partition coefficient (Wildman–Crippen LogP) is 3.22. The topological polar surface area (TPSA) is 50.4 Å². The molecule has 4 heteroatoms. The lowest BCUT2D eigenvalue weighted by Crippen LogP contribution is -2.39. The molecule has 2 aliphatic rings. The first-order valence-electron chi connectivity index (χ1n) is 7.50. The molecule has 1 aromatic rings. The van der Waals surface area contributed by atoms with Crippen LogP contribution in [0.2, 0.25) is 5.02 Å². The molecule has 20 heavy (non-hydrogen) atoms. The van der Waals surface area contributed by atoms with Crippen LogP contribution in [0.4, 0.5) is 0 Å². The van der Waals surface area contributed by atoms with Gasteiger partial charge in [0, 0.05) is 16.5 Å². The fourth-order valence-corrected chi connectivity index (χ4v) is 3.26. The Balaban J connectivity index is 1.62. The van der Waals surface area contributed by atoms with Crippen molar-refractivity contribution in [1.82, 2.24) is 5.32 Å². The molecular weight excluding hydrogens is 270 g/mol. The van der Waals surface area contributed by atoms with Crippen LogP contribution in [-0.4, -0.2) is 18.5 Å². The molecule has 3 nitrogen and oxygen atoms in total. The molecule has 0 spiro atoms. The maximum Gasteiger partial charge on any atom is 0.188 e. The van der Waals surface area contributed by atoms with Gasteiger partial charge in [-0.2, -0.15) is 0 Å². The number of hydrogen-bond donors (Lipinski definition) is 2. The number of nitrogens with one attached hydrogen (secondary N) is 1. The summed E-state index contributed by atoms with van der Waals surface area (Å²) in [6, 6.07) is 8.67. The molecule has 2 fully saturated rings. The third kappa shape index (κ3) is 3.09. The molecule has 1 aromatic carbocycles. The Hall–Kier alpha value is -1.22. The second kappa shape index (κ2) is 5.65. The van der Waals surface area contributed by atoms with Crippen molar-refractivity contribution in [3.8, 4) is 0 Å². The molecule has 2 saturated carbocycles. The summed E-state index contributed by atoms with van der Waals surface area (Å²) in [5, 5.41) is 4.14. The summed E-state index contributed by atoms with van der Waals surface area (Å²) in [5.41, 5.74) is 7.48. The molecule has 0 radical (unpaired) electrons. The minimum atomic E-state index is 0.173. The highest BCUT2D eigenvalue weighted by Crippen LogP contribution is 2.48. The van der Waals surface area contributed by atoms with Gasteiger partial charge in [0.25, 0.3) is 0 Å². The van der Waals surface area contributed by atoms with E-state index in [4.69, 9.17) is 17.3 Å². The van der Waals surface area contributed by atoms with E-state index in [1.165, 1.54) is 44.1 Å². The van der Waals surface area contributed by atoms with Gasteiger partial charge in [0.05, 0.1) is 6.54 Å². The third-order valence-corrected chi connectivity index (χ3v) is 4.78. The number of nitrogens with zero attached hydrogens (tertiary/aromatic N) is 1. The molecule has 0 bridgehead atoms. The molecule has 3 rings (SSSR count). The Labute approximate surface area is 125 Å². The summed E-state index contributed by atoms with van der Waals surface area (Å²) < 4.78 is 0. The van der Waals surface area contributed by atoms with Crippen LogP contribution in [0.5, 0.6) is 0 Å². The van der Waals surface area contributed by atoms with E-state index in [2.05, 4.69) is 22.4 Å². The van der Waals surface area contributed by atoms with Crippen LogP contribution in [0.25, 0.3) is 0 Å². The van der Waals surface area contributed by atoms with E-state index in [0.29, 0.717) is 12.0 Å². The highest BCUT2D eigenvalue weighted by atomic mass is 35.5. The summed E-state index contributed by atoms with van der Waals surface area (Å²) in [7, 11) is 0. The van der Waals surface area contributed by atoms with Gasteiger partial charge in [-0.15, -0.1) is 0 Å². The number of rotatable bonds is 4. The van der Waals surface area contributed by atoms with Crippen LogP contribution < -0.4 is 11.1 Å². The average Bonchev–Trinajstić information content (AvgIpc) is 3.07. The molecule has 0 heterocycles. The molecule has 0 atom stereocenters. The van der Waals surface area contributed by atoms with Crippen LogP contribution in [0.3, 0.4) is 0 Å². The number of guanidine groups is 1. The standard InChI is InChI=1S/C16H22ClN3/c17-13-5-3-4-12(10-13)16(8-9-16)11-19-15(18)20-14-6-1-2-7-14/h3-5,10,14H,1-2,6-9,11H2,(H3,18,19,20). The van der Waals surface area contributed by atoms with Gasteiger partial charge in [-0.1, -0.05) is 36.6 Å². The minimum Gasteiger partial charge on any atom is -0.370 e. The Morgan fingerprint density at radius 1 is 1.35 bits per heavy atom. The highest BCUT2D eigenvalue weighted by Gasteiger charge is 2.44. The van der Waals surface area contributed by atoms with Gasteiger partial charge in [0.15, 0.2) is 5.96 Å². The lowest BCUT2D eigenvalue weighted by atomic mass is 9.96. The molecule has 0 unspecified atom stereocenters. The predicted molar refractivity (Wildman–Crippen MR) is 84.2 cm³/mol. The average molecular weight is 292 g/mol. The molecule has 108 valence electrons. The lowest BCUT2D eigenvalue weighted by molar-refractivity contribution is 0.620. The quantitative estimate of drug-likeness (QED) is 0.661. The van der Waals surface area contributed by atoms with Gasteiger partial charge in [0.2, 0.25) is 0 Å². The number of halogens is 1. The highest BCUT2D eigenvalue weighted by molar-refractivity contribution is 6.30. The van der Waals surface area contributed by atoms with Crippen LogP contribution in [0.15, 0.2) is 29.3 Å². The maximum absolute atomic E-state index is 6.08. The summed E-state index contributed by atoms with van der Waals surface area (Å²) in [6.07, 6.45) is 7.39. The molecule has 2 aliphatic carbocycles. The van der Waals surface area contributed by atoms with E-state index in [9.17, 15) is 0 Å². The summed E-state index contributed by atoms with van der Waals surface area (Å²) in [4.78, 5) is 4.57. The number of aliphatic imine (C=N–C) groups is 1. The molecular formula is C16H22ClN3. The van der Waals surface area contributed by atoms with Crippen LogP contribution in [0.1, 0.15) is 44.1 Å². The number of benzene rings is 1. The largest absolute Gasteiger partial charge is 0.370 e. The number of hydrogen-bond acceptors (Lipinski definition) is 1. The Morgan fingerprint density at radius 2 is 2.10 bits per heavy atom. The first-order valence-corrected chi connectivity index (χ1v) is 7.88. The summed E-state index contributed by atoms with van der Waals surface area (Å²) in [6.45, 7) is 0.763. The van der Waals surface area contributed by atoms with E-state index in [0.717, 1.165) is 11.6 Å². The van der Waals surface area contributed by atoms with Crippen molar-refractivity contribution in [3.63, 3.8) is 0 Å². The van der Waals surface area contributed by atoms with Crippen molar-refractivity contribution in [2.45, 2.75) is 50.0 Å². The Kier molecular flexibility index (Phi) is 3.88. The van der Waals surface area contributed by atoms with Gasteiger partial charge in [-0.25, -0.2) is 0 Å². The van der Waals surface area contributed by atoms with Crippen molar-refractivity contribution in [3.05, 3.63) is 34.9 Å². The zero-order valence-corrected chi connectivity index (χ0v) is 12.5. The lowest BCUT2D eigenvalue weighted by Gasteiger charge is -2.16. The fourth-order valence-electron chi connectivity index (χ4n) is 3.07. The first-order chi connectivity index (χ1) is 9.68. The zero-order chi connectivity index (χ0) is 14.0. The van der Waals surface area contributed by atoms with E-state index in [1.807, 2.05) is 12.1 Å². The third-order valence-electron chi connectivity index (χ3n) is 4.55. The van der Waals surface area contributed by atoms with Crippen LogP contribution >= 0.6 is 11.6 Å². The normalized spacial score (nSPS) is 21.9. The summed E-state index contributed by atoms with van der Waals surface area (Å²) in [5.74, 6) is 0.602. The van der Waals surface area contributed by atoms with Gasteiger partial charge in [-0.3, -0.25) is 4.99 Å². The Morgan fingerprint density at radius 3 is 2.75 bits per heavy atom. The van der Waals surface area contributed by atoms with Gasteiger partial charge in [-0.05, 0) is 43.4 Å². The first kappa shape index (κ1) is 13.7. The summed E-state index contributed by atoms with van der Waals surface area (Å²) >= 11 is 6.08. The van der Waals surface area contributed by atoms with Crippen molar-refractivity contribution in [2.75, 3.05) is 6.54 Å². The SMILES string of the molecule is NC(=NCC1(c2cccc(Cl)c2)CC1)NC1CCCC1. The second-order valence-corrected chi connectivity index (χ2v) is 6.55. The van der Waals surface area contributed by atoms with Crippen molar-refractivity contribution in [1.29, 1.82) is 0 Å². The van der Waals surface area contributed by atoms with Crippen LogP contribution in [0, 0.1) is 0 Å². The van der Waals surface area contributed by atoms with Crippen LogP contribution in [-0.2, 0) is 5.41 Å². The van der Waals surface area contributed by atoms with Gasteiger partial charge >= 0.3 is 0 Å². The molecule has 0 aliphatic heterocycles. The fraction of sp³-hybridized carbons (Fsp3) is 0.562. The van der Waals surface area contributed by atoms with E-state index >= 15 is 0 Å². The molecule has 0 aromatic heterocycles. The van der Waals surface area contributed by atoms with Gasteiger partial charge in [0.1, 0.15) is 0 Å². The molecule has 3 N–H and O–H groups in total. The smallest absolute Gasteiger partial charge is 0.188 e. The molecule has 0 amide bonds. The van der Waals surface area contributed by atoms with Gasteiger partial charge < -0.3 is 11.1 Å². The van der Waals surface area contributed by atoms with E-state index in [1.54, 1.807) is 0 Å². The maximum atomic E-state index is 6.08. The minimum absolute atomic E-state index is 0.173. The second-order valence-electron chi connectivity index (χ2n) is 6.12. The number of nitrogens with two attached hydrogens (primary N) is 1. The Bertz CT molecular complexity index is 502.